The molecule has 2 aliphatic rings. The number of esters is 2. The fraction of sp³-hybridized carbons (Fsp3) is 0.276. The first-order chi connectivity index (χ1) is 18.8. The highest BCUT2D eigenvalue weighted by molar-refractivity contribution is 6.04. The number of nitrogens with two attached hydrogens (primary N) is 1. The number of ether oxygens (including phenoxy) is 2. The lowest BCUT2D eigenvalue weighted by Crippen LogP contribution is -2.47. The molecule has 39 heavy (non-hydrogen) atoms. The predicted octanol–water partition coefficient (Wildman–Crippen LogP) is 3.28. The lowest BCUT2D eigenvalue weighted by Gasteiger charge is -2.35. The Labute approximate surface area is 223 Å². The van der Waals surface area contributed by atoms with Crippen molar-refractivity contribution in [1.29, 1.82) is 0 Å². The number of cyclic esters (lactones) is 1. The Morgan fingerprint density at radius 1 is 1.23 bits per heavy atom. The summed E-state index contributed by atoms with van der Waals surface area (Å²) in [6.45, 7) is 3.64. The first kappa shape index (κ1) is 24.6. The number of carbonyl (C=O) groups is 2. The molecule has 0 saturated heterocycles. The zero-order valence-corrected chi connectivity index (χ0v) is 21.6. The van der Waals surface area contributed by atoms with Gasteiger partial charge in [-0.1, -0.05) is 19.1 Å². The van der Waals surface area contributed by atoms with Crippen LogP contribution in [0.3, 0.4) is 0 Å². The van der Waals surface area contributed by atoms with E-state index in [9.17, 15) is 14.4 Å². The van der Waals surface area contributed by atoms with Crippen LogP contribution in [0, 0.1) is 0 Å². The van der Waals surface area contributed by atoms with Crippen molar-refractivity contribution < 1.29 is 19.1 Å². The van der Waals surface area contributed by atoms with Crippen molar-refractivity contribution in [1.82, 2.24) is 14.5 Å². The van der Waals surface area contributed by atoms with Crippen molar-refractivity contribution in [3.05, 3.63) is 81.4 Å². The van der Waals surface area contributed by atoms with E-state index in [1.54, 1.807) is 23.8 Å². The second-order valence-electron chi connectivity index (χ2n) is 9.76. The zero-order chi connectivity index (χ0) is 27.3. The maximum Gasteiger partial charge on any atom is 0.355 e. The average Bonchev–Trinajstić information content (AvgIpc) is 3.29. The average molecular weight is 526 g/mol. The van der Waals surface area contributed by atoms with Crippen LogP contribution in [0.1, 0.15) is 42.5 Å². The highest BCUT2D eigenvalue weighted by Crippen LogP contribution is 2.44. The van der Waals surface area contributed by atoms with Gasteiger partial charge in [0.1, 0.15) is 6.61 Å². The molecule has 0 unspecified atom stereocenters. The number of pyridine rings is 3. The highest BCUT2D eigenvalue weighted by Gasteiger charge is 2.50. The van der Waals surface area contributed by atoms with E-state index in [1.807, 2.05) is 36.5 Å². The molecule has 10 heteroatoms. The van der Waals surface area contributed by atoms with Gasteiger partial charge in [0.05, 0.1) is 34.7 Å². The molecule has 4 aromatic rings. The van der Waals surface area contributed by atoms with Crippen LogP contribution < -0.4 is 16.6 Å². The molecule has 3 aromatic heterocycles. The largest absolute Gasteiger partial charge is 0.457 e. The maximum atomic E-state index is 13.8. The third-order valence-corrected chi connectivity index (χ3v) is 7.47. The Balaban J connectivity index is 1.52. The van der Waals surface area contributed by atoms with Gasteiger partial charge in [0, 0.05) is 48.1 Å². The Kier molecular flexibility index (Phi) is 5.82. The minimum atomic E-state index is -1.69. The van der Waals surface area contributed by atoms with Crippen LogP contribution in [-0.2, 0) is 44.2 Å². The number of anilines is 2. The number of nitrogen functional groups attached to an aromatic ring is 1. The summed E-state index contributed by atoms with van der Waals surface area (Å²) in [4.78, 5) is 47.9. The van der Waals surface area contributed by atoms with E-state index in [0.29, 0.717) is 40.3 Å². The van der Waals surface area contributed by atoms with E-state index in [0.717, 1.165) is 28.6 Å². The molecule has 0 bridgehead atoms. The van der Waals surface area contributed by atoms with Crippen LogP contribution in [0.5, 0.6) is 0 Å². The van der Waals surface area contributed by atoms with Gasteiger partial charge in [-0.25, -0.2) is 9.78 Å². The van der Waals surface area contributed by atoms with Gasteiger partial charge < -0.3 is 25.1 Å². The summed E-state index contributed by atoms with van der Waals surface area (Å²) >= 11 is 0. The lowest BCUT2D eigenvalue weighted by molar-refractivity contribution is -0.188. The Bertz CT molecular complexity index is 1720. The van der Waals surface area contributed by atoms with Gasteiger partial charge in [-0.15, -0.1) is 0 Å². The zero-order valence-electron chi connectivity index (χ0n) is 21.6. The monoisotopic (exact) mass is 525 g/mol. The van der Waals surface area contributed by atoms with Gasteiger partial charge in [-0.2, -0.15) is 0 Å². The molecular weight excluding hydrogens is 498 g/mol. The van der Waals surface area contributed by atoms with Gasteiger partial charge >= 0.3 is 11.9 Å². The molecule has 6 rings (SSSR count). The summed E-state index contributed by atoms with van der Waals surface area (Å²) in [6, 6.07) is 11.2. The van der Waals surface area contributed by atoms with Crippen molar-refractivity contribution in [2.75, 3.05) is 17.6 Å². The predicted molar refractivity (Wildman–Crippen MR) is 145 cm³/mol. The molecule has 0 fully saturated rings. The minimum Gasteiger partial charge on any atom is -0.457 e. The SMILES string of the molecule is CC[C@@]1(OC(C)=O)C(=O)OCc2c1cc1n(c2=O)Cc2c-1nc1cccc(N)c1c2NCCc1cccnc1. The molecule has 5 heterocycles. The van der Waals surface area contributed by atoms with Crippen LogP contribution in [0.2, 0.25) is 0 Å². The second kappa shape index (κ2) is 9.23. The Morgan fingerprint density at radius 2 is 2.08 bits per heavy atom. The molecule has 198 valence electrons. The fourth-order valence-corrected chi connectivity index (χ4v) is 5.63. The molecular formula is C29H27N5O5. The first-order valence-electron chi connectivity index (χ1n) is 12.8. The fourth-order valence-electron chi connectivity index (χ4n) is 5.63. The van der Waals surface area contributed by atoms with Crippen LogP contribution >= 0.6 is 0 Å². The van der Waals surface area contributed by atoms with Gasteiger partial charge in [-0.3, -0.25) is 14.6 Å². The van der Waals surface area contributed by atoms with Crippen LogP contribution in [0.15, 0.2) is 53.6 Å². The van der Waals surface area contributed by atoms with Crippen molar-refractivity contribution in [3.63, 3.8) is 0 Å². The summed E-state index contributed by atoms with van der Waals surface area (Å²) in [6.07, 6.45) is 4.43. The number of hydrogen-bond acceptors (Lipinski definition) is 9. The maximum absolute atomic E-state index is 13.8. The summed E-state index contributed by atoms with van der Waals surface area (Å²) in [5.74, 6) is -1.32. The standard InChI is InChI=1S/C29H27N5O5/c1-3-29(39-16(2)35)20-12-23-25-18(14-34(23)27(36)19(20)15-38-28(29)37)26(24-21(30)7-4-8-22(24)33-25)32-11-9-17-6-5-10-31-13-17/h4-8,10,12-13H,3,9,11,14-15,30H2,1-2H3,(H,32,33)/t29-/m0/s1. The van der Waals surface area contributed by atoms with E-state index in [-0.39, 0.29) is 25.1 Å². The summed E-state index contributed by atoms with van der Waals surface area (Å²) < 4.78 is 12.5. The number of rotatable bonds is 6. The normalized spacial score (nSPS) is 17.2. The Hall–Kier alpha value is -4.73. The molecule has 0 radical (unpaired) electrons. The van der Waals surface area contributed by atoms with Crippen molar-refractivity contribution >= 4 is 34.2 Å². The molecule has 2 aliphatic heterocycles. The topological polar surface area (TPSA) is 138 Å². The third-order valence-electron chi connectivity index (χ3n) is 7.47. The van der Waals surface area contributed by atoms with Crippen molar-refractivity contribution in [3.8, 4) is 11.4 Å². The molecule has 0 saturated carbocycles. The molecule has 1 atom stereocenters. The summed E-state index contributed by atoms with van der Waals surface area (Å²) in [5, 5.41) is 4.34. The van der Waals surface area contributed by atoms with Gasteiger partial charge in [0.2, 0.25) is 5.60 Å². The van der Waals surface area contributed by atoms with Gasteiger partial charge in [0.25, 0.3) is 5.56 Å². The molecule has 10 nitrogen and oxygen atoms in total. The quantitative estimate of drug-likeness (QED) is 0.253. The molecule has 0 aliphatic carbocycles. The number of nitrogens with one attached hydrogen (secondary N) is 1. The van der Waals surface area contributed by atoms with Crippen molar-refractivity contribution in [2.24, 2.45) is 0 Å². The minimum absolute atomic E-state index is 0.122. The number of carbonyl (C=O) groups excluding carboxylic acids is 2. The first-order valence-corrected chi connectivity index (χ1v) is 12.8. The van der Waals surface area contributed by atoms with Crippen LogP contribution in [0.4, 0.5) is 11.4 Å². The Morgan fingerprint density at radius 3 is 2.82 bits per heavy atom. The summed E-state index contributed by atoms with van der Waals surface area (Å²) in [7, 11) is 0. The lowest BCUT2D eigenvalue weighted by atomic mass is 9.85. The molecule has 0 amide bonds. The summed E-state index contributed by atoms with van der Waals surface area (Å²) in [5.41, 5.74) is 10.2. The highest BCUT2D eigenvalue weighted by atomic mass is 16.6. The van der Waals surface area contributed by atoms with E-state index < -0.39 is 17.5 Å². The number of nitrogens with zero attached hydrogens (tertiary/aromatic N) is 3. The number of aromatic nitrogens is 3. The van der Waals surface area contributed by atoms with Crippen LogP contribution in [-0.4, -0.2) is 33.0 Å². The smallest absolute Gasteiger partial charge is 0.355 e. The molecule has 0 spiro atoms. The van der Waals surface area contributed by atoms with E-state index in [1.165, 1.54) is 6.92 Å². The van der Waals surface area contributed by atoms with Crippen LogP contribution in [0.25, 0.3) is 22.3 Å². The van der Waals surface area contributed by atoms with E-state index in [2.05, 4.69) is 10.3 Å². The van der Waals surface area contributed by atoms with E-state index >= 15 is 0 Å². The number of hydrogen-bond donors (Lipinski definition) is 2. The molecule has 3 N–H and O–H groups in total. The van der Waals surface area contributed by atoms with Crippen molar-refractivity contribution in [2.45, 2.75) is 45.4 Å². The molecule has 1 aromatic carbocycles. The van der Waals surface area contributed by atoms with Gasteiger partial charge in [-0.05, 0) is 42.7 Å². The van der Waals surface area contributed by atoms with Gasteiger partial charge in [0.15, 0.2) is 0 Å². The third kappa shape index (κ3) is 3.82. The second-order valence-corrected chi connectivity index (χ2v) is 9.76. The number of benzene rings is 1. The van der Waals surface area contributed by atoms with E-state index in [4.69, 9.17) is 20.2 Å². The number of fused-ring (bicyclic) bond motifs is 5.